The lowest BCUT2D eigenvalue weighted by atomic mass is 9.98. The fourth-order valence-corrected chi connectivity index (χ4v) is 5.39. The second-order valence-corrected chi connectivity index (χ2v) is 9.13. The van der Waals surface area contributed by atoms with Crippen LogP contribution in [0, 0.1) is 0 Å². The van der Waals surface area contributed by atoms with Gasteiger partial charge in [-0.2, -0.15) is 0 Å². The molecule has 4 rings (SSSR count). The van der Waals surface area contributed by atoms with Crippen molar-refractivity contribution in [2.45, 2.75) is 12.0 Å². The van der Waals surface area contributed by atoms with Crippen LogP contribution in [0.4, 0.5) is 4.79 Å². The summed E-state index contributed by atoms with van der Waals surface area (Å²) in [7, 11) is 1.49. The van der Waals surface area contributed by atoms with Crippen LogP contribution in [-0.2, 0) is 9.53 Å². The molecule has 0 radical (unpaired) electrons. The van der Waals surface area contributed by atoms with E-state index in [-0.39, 0.29) is 12.5 Å². The smallest absolute Gasteiger partial charge is 0.408 e. The summed E-state index contributed by atoms with van der Waals surface area (Å²) in [4.78, 5) is 24.6. The number of fused-ring (bicyclic) bond motifs is 3. The monoisotopic (exact) mass is 487 g/mol. The van der Waals surface area contributed by atoms with Gasteiger partial charge in [-0.25, -0.2) is 9.59 Å². The van der Waals surface area contributed by atoms with Gasteiger partial charge in [-0.15, -0.1) is 11.3 Å². The molecule has 2 aromatic carbocycles. The zero-order valence-corrected chi connectivity index (χ0v) is 18.3. The molecule has 1 aliphatic carbocycles. The number of aliphatic carboxylic acids is 1. The maximum atomic E-state index is 12.4. The minimum Gasteiger partial charge on any atom is -0.495 e. The van der Waals surface area contributed by atoms with Gasteiger partial charge >= 0.3 is 12.1 Å². The first kappa shape index (κ1) is 20.4. The number of hydrogen-bond acceptors (Lipinski definition) is 5. The van der Waals surface area contributed by atoms with Gasteiger partial charge in [0.2, 0.25) is 0 Å². The molecule has 0 spiro atoms. The SMILES string of the molecule is COc1cc(C(NC(=O)OCC2c3ccccc3-c3ccccc32)C(=O)O)sc1Br. The standard InChI is InChI=1S/C22H18BrNO5S/c1-28-17-10-18(30-20(17)23)19(21(25)26)24-22(27)29-11-16-14-8-4-2-6-12(14)13-7-3-5-9-15(13)16/h2-10,16,19H,11H2,1H3,(H,24,27)(H,25,26). The lowest BCUT2D eigenvalue weighted by molar-refractivity contribution is -0.139. The van der Waals surface area contributed by atoms with E-state index in [9.17, 15) is 14.7 Å². The molecule has 1 amide bonds. The quantitative estimate of drug-likeness (QED) is 0.500. The van der Waals surface area contributed by atoms with Crippen molar-refractivity contribution in [3.05, 3.63) is 74.4 Å². The predicted octanol–water partition coefficient (Wildman–Crippen LogP) is 5.18. The Morgan fingerprint density at radius 2 is 1.73 bits per heavy atom. The molecular formula is C22H18BrNO5S. The average Bonchev–Trinajstić information content (AvgIpc) is 3.28. The van der Waals surface area contributed by atoms with Crippen LogP contribution in [-0.4, -0.2) is 30.9 Å². The third-order valence-electron chi connectivity index (χ3n) is 5.03. The van der Waals surface area contributed by atoms with Crippen molar-refractivity contribution in [1.82, 2.24) is 5.32 Å². The Bertz CT molecular complexity index is 1070. The summed E-state index contributed by atoms with van der Waals surface area (Å²) in [6, 6.07) is 16.4. The van der Waals surface area contributed by atoms with Crippen LogP contribution < -0.4 is 10.1 Å². The van der Waals surface area contributed by atoms with Gasteiger partial charge in [0.1, 0.15) is 16.1 Å². The van der Waals surface area contributed by atoms with Crippen LogP contribution in [0.2, 0.25) is 0 Å². The van der Waals surface area contributed by atoms with Crippen LogP contribution in [0.15, 0.2) is 58.4 Å². The van der Waals surface area contributed by atoms with Gasteiger partial charge in [-0.3, -0.25) is 0 Å². The molecule has 2 N–H and O–H groups in total. The maximum absolute atomic E-state index is 12.4. The van der Waals surface area contributed by atoms with E-state index in [1.54, 1.807) is 6.07 Å². The number of rotatable bonds is 6. The van der Waals surface area contributed by atoms with Gasteiger partial charge in [0.25, 0.3) is 0 Å². The topological polar surface area (TPSA) is 84.9 Å². The van der Waals surface area contributed by atoms with Crippen molar-refractivity contribution in [3.8, 4) is 16.9 Å². The number of ether oxygens (including phenoxy) is 2. The molecular weight excluding hydrogens is 470 g/mol. The van der Waals surface area contributed by atoms with E-state index in [1.165, 1.54) is 18.4 Å². The summed E-state index contributed by atoms with van der Waals surface area (Å²) in [6.45, 7) is 0.115. The number of carbonyl (C=O) groups excluding carboxylic acids is 1. The summed E-state index contributed by atoms with van der Waals surface area (Å²) >= 11 is 4.51. The van der Waals surface area contributed by atoms with Crippen LogP contribution in [0.1, 0.15) is 28.0 Å². The number of halogens is 1. The van der Waals surface area contributed by atoms with E-state index in [0.717, 1.165) is 22.3 Å². The normalized spacial score (nSPS) is 13.3. The van der Waals surface area contributed by atoms with E-state index in [4.69, 9.17) is 9.47 Å². The minimum atomic E-state index is -1.23. The van der Waals surface area contributed by atoms with Gasteiger partial charge in [0.15, 0.2) is 6.04 Å². The van der Waals surface area contributed by atoms with Gasteiger partial charge < -0.3 is 19.9 Å². The largest absolute Gasteiger partial charge is 0.495 e. The highest BCUT2D eigenvalue weighted by Gasteiger charge is 2.30. The van der Waals surface area contributed by atoms with E-state index in [0.29, 0.717) is 14.4 Å². The first-order chi connectivity index (χ1) is 14.5. The molecule has 3 aromatic rings. The summed E-state index contributed by atoms with van der Waals surface area (Å²) < 4.78 is 11.3. The molecule has 1 aromatic heterocycles. The molecule has 6 nitrogen and oxygen atoms in total. The number of hydrogen-bond donors (Lipinski definition) is 2. The molecule has 1 unspecified atom stereocenters. The maximum Gasteiger partial charge on any atom is 0.408 e. The lowest BCUT2D eigenvalue weighted by Crippen LogP contribution is -2.34. The average molecular weight is 488 g/mol. The molecule has 0 fully saturated rings. The van der Waals surface area contributed by atoms with Crippen LogP contribution in [0.25, 0.3) is 11.1 Å². The van der Waals surface area contributed by atoms with Gasteiger partial charge in [-0.05, 0) is 44.3 Å². The predicted molar refractivity (Wildman–Crippen MR) is 117 cm³/mol. The second-order valence-electron chi connectivity index (χ2n) is 6.73. The minimum absolute atomic E-state index is 0.0950. The van der Waals surface area contributed by atoms with Crippen molar-refractivity contribution in [1.29, 1.82) is 0 Å². The summed E-state index contributed by atoms with van der Waals surface area (Å²) in [6.07, 6.45) is -0.784. The van der Waals surface area contributed by atoms with Gasteiger partial charge in [0, 0.05) is 10.8 Å². The fourth-order valence-electron chi connectivity index (χ4n) is 3.66. The molecule has 1 aliphatic rings. The van der Waals surface area contributed by atoms with E-state index >= 15 is 0 Å². The number of nitrogens with one attached hydrogen (secondary N) is 1. The van der Waals surface area contributed by atoms with Crippen LogP contribution in [0.3, 0.4) is 0 Å². The first-order valence-corrected chi connectivity index (χ1v) is 10.8. The Morgan fingerprint density at radius 3 is 2.27 bits per heavy atom. The number of carboxylic acid groups (broad SMARTS) is 1. The number of methoxy groups -OCH3 is 1. The van der Waals surface area contributed by atoms with Crippen LogP contribution >= 0.6 is 27.3 Å². The number of benzene rings is 2. The molecule has 154 valence electrons. The van der Waals surface area contributed by atoms with E-state index in [2.05, 4.69) is 33.4 Å². The summed E-state index contributed by atoms with van der Waals surface area (Å²) in [5.41, 5.74) is 4.43. The molecule has 1 atom stereocenters. The second kappa shape index (κ2) is 8.49. The Kier molecular flexibility index (Phi) is 5.78. The fraction of sp³-hybridized carbons (Fsp3) is 0.182. The summed E-state index contributed by atoms with van der Waals surface area (Å²) in [5.74, 6) is -0.766. The number of alkyl carbamates (subject to hydrolysis) is 1. The Labute approximate surface area is 185 Å². The highest BCUT2D eigenvalue weighted by Crippen LogP contribution is 2.44. The van der Waals surface area contributed by atoms with Gasteiger partial charge in [-0.1, -0.05) is 48.5 Å². The first-order valence-electron chi connectivity index (χ1n) is 9.17. The number of thiophene rings is 1. The van der Waals surface area contributed by atoms with Gasteiger partial charge in [0.05, 0.1) is 7.11 Å². The molecule has 0 aliphatic heterocycles. The van der Waals surface area contributed by atoms with Crippen molar-refractivity contribution in [2.24, 2.45) is 0 Å². The zero-order valence-electron chi connectivity index (χ0n) is 15.9. The van der Waals surface area contributed by atoms with Crippen molar-refractivity contribution in [3.63, 3.8) is 0 Å². The lowest BCUT2D eigenvalue weighted by Gasteiger charge is -2.16. The Balaban J connectivity index is 1.48. The molecule has 1 heterocycles. The third kappa shape index (κ3) is 3.80. The molecule has 30 heavy (non-hydrogen) atoms. The molecule has 0 saturated carbocycles. The van der Waals surface area contributed by atoms with Crippen molar-refractivity contribution in [2.75, 3.05) is 13.7 Å². The highest BCUT2D eigenvalue weighted by atomic mass is 79.9. The third-order valence-corrected chi connectivity index (χ3v) is 6.88. The van der Waals surface area contributed by atoms with E-state index in [1.807, 2.05) is 36.4 Å². The Hall–Kier alpha value is -2.84. The zero-order chi connectivity index (χ0) is 21.3. The van der Waals surface area contributed by atoms with Crippen molar-refractivity contribution >= 4 is 39.3 Å². The molecule has 0 bridgehead atoms. The molecule has 0 saturated heterocycles. The number of carboxylic acids is 1. The Morgan fingerprint density at radius 1 is 1.13 bits per heavy atom. The number of amides is 1. The highest BCUT2D eigenvalue weighted by molar-refractivity contribution is 9.11. The van der Waals surface area contributed by atoms with E-state index < -0.39 is 18.1 Å². The van der Waals surface area contributed by atoms with Crippen molar-refractivity contribution < 1.29 is 24.2 Å². The summed E-state index contributed by atoms with van der Waals surface area (Å²) in [5, 5.41) is 12.0. The van der Waals surface area contributed by atoms with Crippen LogP contribution in [0.5, 0.6) is 5.75 Å². The number of carbonyl (C=O) groups is 2. The molecule has 8 heteroatoms.